The molecule has 0 aliphatic carbocycles. The third kappa shape index (κ3) is 1.83. The van der Waals surface area contributed by atoms with Crippen LogP contribution in [0.3, 0.4) is 0 Å². The molecule has 1 aromatic rings. The van der Waals surface area contributed by atoms with Gasteiger partial charge in [-0.3, -0.25) is 4.98 Å². The maximum atomic E-state index is 12.4. The highest BCUT2D eigenvalue weighted by molar-refractivity contribution is 5.35. The topological polar surface area (TPSA) is 38.9 Å². The van der Waals surface area contributed by atoms with Crippen molar-refractivity contribution in [3.8, 4) is 0 Å². The van der Waals surface area contributed by atoms with E-state index < -0.39 is 6.43 Å². The van der Waals surface area contributed by atoms with Gasteiger partial charge in [0.15, 0.2) is 0 Å². The van der Waals surface area contributed by atoms with E-state index in [0.29, 0.717) is 5.56 Å². The van der Waals surface area contributed by atoms with Crippen molar-refractivity contribution in [3.63, 3.8) is 0 Å². The van der Waals surface area contributed by atoms with Crippen molar-refractivity contribution in [2.45, 2.75) is 26.8 Å². The van der Waals surface area contributed by atoms with E-state index >= 15 is 0 Å². The lowest BCUT2D eigenvalue weighted by atomic mass is 10.0. The summed E-state index contributed by atoms with van der Waals surface area (Å²) in [5, 5.41) is 0. The van der Waals surface area contributed by atoms with Crippen molar-refractivity contribution in [1.82, 2.24) is 4.98 Å². The molecular weight excluding hydrogens is 174 g/mol. The zero-order valence-corrected chi connectivity index (χ0v) is 7.64. The Morgan fingerprint density at radius 2 is 2.08 bits per heavy atom. The normalized spacial score (nSPS) is 10.9. The van der Waals surface area contributed by atoms with Crippen molar-refractivity contribution in [1.29, 1.82) is 0 Å². The smallest absolute Gasteiger partial charge is 0.265 e. The van der Waals surface area contributed by atoms with E-state index in [1.165, 1.54) is 6.20 Å². The Hall–Kier alpha value is -1.03. The van der Waals surface area contributed by atoms with Gasteiger partial charge in [0.2, 0.25) is 0 Å². The minimum Gasteiger partial charge on any atom is -0.326 e. The summed E-state index contributed by atoms with van der Waals surface area (Å²) in [5.74, 6) is 0. The van der Waals surface area contributed by atoms with Crippen molar-refractivity contribution in [2.24, 2.45) is 5.73 Å². The second kappa shape index (κ2) is 3.79. The number of pyridine rings is 1. The molecule has 0 saturated heterocycles. The molecule has 0 amide bonds. The van der Waals surface area contributed by atoms with Gasteiger partial charge in [-0.1, -0.05) is 0 Å². The Balaban J connectivity index is 3.27. The maximum absolute atomic E-state index is 12.4. The molecule has 0 unspecified atom stereocenters. The van der Waals surface area contributed by atoms with Crippen LogP contribution in [0.5, 0.6) is 0 Å². The first-order chi connectivity index (χ1) is 6.07. The molecule has 2 N–H and O–H groups in total. The lowest BCUT2D eigenvalue weighted by Crippen LogP contribution is -2.06. The molecule has 0 saturated carbocycles. The first-order valence-electron chi connectivity index (χ1n) is 4.01. The molecule has 72 valence electrons. The predicted molar refractivity (Wildman–Crippen MR) is 46.6 cm³/mol. The highest BCUT2D eigenvalue weighted by atomic mass is 19.3. The predicted octanol–water partition coefficient (Wildman–Crippen LogP) is 2.09. The van der Waals surface area contributed by atoms with E-state index in [1.807, 2.05) is 0 Å². The highest BCUT2D eigenvalue weighted by Crippen LogP contribution is 2.24. The largest absolute Gasteiger partial charge is 0.326 e. The Kier molecular flexibility index (Phi) is 2.93. The molecule has 0 radical (unpaired) electrons. The quantitative estimate of drug-likeness (QED) is 0.768. The summed E-state index contributed by atoms with van der Waals surface area (Å²) < 4.78 is 24.8. The van der Waals surface area contributed by atoms with Crippen LogP contribution in [-0.4, -0.2) is 4.98 Å². The van der Waals surface area contributed by atoms with Crippen molar-refractivity contribution < 1.29 is 8.78 Å². The number of hydrogen-bond acceptors (Lipinski definition) is 2. The second-order valence-electron chi connectivity index (χ2n) is 2.91. The van der Waals surface area contributed by atoms with Gasteiger partial charge in [0.05, 0.1) is 0 Å². The highest BCUT2D eigenvalue weighted by Gasteiger charge is 2.14. The number of aryl methyl sites for hydroxylation is 1. The lowest BCUT2D eigenvalue weighted by Gasteiger charge is -2.10. The summed E-state index contributed by atoms with van der Waals surface area (Å²) in [6, 6.07) is 0. The molecule has 1 rings (SSSR count). The van der Waals surface area contributed by atoms with Gasteiger partial charge in [0, 0.05) is 24.0 Å². The molecule has 1 heterocycles. The summed E-state index contributed by atoms with van der Waals surface area (Å²) in [6.07, 6.45) is -1.26. The first-order valence-corrected chi connectivity index (χ1v) is 4.01. The zero-order chi connectivity index (χ0) is 10.0. The van der Waals surface area contributed by atoms with Crippen molar-refractivity contribution >= 4 is 0 Å². The second-order valence-corrected chi connectivity index (χ2v) is 2.91. The monoisotopic (exact) mass is 186 g/mol. The molecule has 13 heavy (non-hydrogen) atoms. The average Bonchev–Trinajstić information content (AvgIpc) is 2.04. The molecule has 0 fully saturated rings. The maximum Gasteiger partial charge on any atom is 0.265 e. The third-order valence-electron chi connectivity index (χ3n) is 2.16. The summed E-state index contributed by atoms with van der Waals surface area (Å²) in [7, 11) is 0. The summed E-state index contributed by atoms with van der Waals surface area (Å²) in [5.41, 5.74) is 7.42. The number of alkyl halides is 2. The molecule has 0 bridgehead atoms. The lowest BCUT2D eigenvalue weighted by molar-refractivity contribution is 0.150. The summed E-state index contributed by atoms with van der Waals surface area (Å²) >= 11 is 0. The van der Waals surface area contributed by atoms with Crippen LogP contribution in [0.4, 0.5) is 8.78 Å². The van der Waals surface area contributed by atoms with E-state index in [1.54, 1.807) is 13.8 Å². The summed E-state index contributed by atoms with van der Waals surface area (Å²) in [4.78, 5) is 3.87. The number of rotatable bonds is 2. The molecule has 0 spiro atoms. The SMILES string of the molecule is Cc1ncc(C(F)F)c(C)c1CN. The Labute approximate surface area is 75.8 Å². The van der Waals surface area contributed by atoms with Crippen molar-refractivity contribution in [3.05, 3.63) is 28.6 Å². The molecule has 1 aromatic heterocycles. The minimum absolute atomic E-state index is 0.0222. The number of hydrogen-bond donors (Lipinski definition) is 1. The molecule has 4 heteroatoms. The van der Waals surface area contributed by atoms with Gasteiger partial charge in [-0.05, 0) is 25.0 Å². The fourth-order valence-electron chi connectivity index (χ4n) is 1.31. The molecule has 0 aliphatic rings. The van der Waals surface area contributed by atoms with E-state index in [4.69, 9.17) is 5.73 Å². The molecule has 2 nitrogen and oxygen atoms in total. The van der Waals surface area contributed by atoms with Crippen LogP contribution >= 0.6 is 0 Å². The van der Waals surface area contributed by atoms with E-state index in [-0.39, 0.29) is 12.1 Å². The van der Waals surface area contributed by atoms with Crippen LogP contribution < -0.4 is 5.73 Å². The Bertz CT molecular complexity index is 311. The van der Waals surface area contributed by atoms with E-state index in [9.17, 15) is 8.78 Å². The number of nitrogens with two attached hydrogens (primary N) is 1. The van der Waals surface area contributed by atoms with E-state index in [2.05, 4.69) is 4.98 Å². The van der Waals surface area contributed by atoms with Gasteiger partial charge >= 0.3 is 0 Å². The van der Waals surface area contributed by atoms with Crippen LogP contribution in [-0.2, 0) is 6.54 Å². The van der Waals surface area contributed by atoms with Gasteiger partial charge in [-0.25, -0.2) is 8.78 Å². The molecular formula is C9H12F2N2. The fourth-order valence-corrected chi connectivity index (χ4v) is 1.31. The van der Waals surface area contributed by atoms with Crippen LogP contribution in [0.2, 0.25) is 0 Å². The number of aromatic nitrogens is 1. The fraction of sp³-hybridized carbons (Fsp3) is 0.444. The van der Waals surface area contributed by atoms with Gasteiger partial charge < -0.3 is 5.73 Å². The van der Waals surface area contributed by atoms with Gasteiger partial charge in [0.1, 0.15) is 0 Å². The molecule has 0 aromatic carbocycles. The standard InChI is InChI=1S/C9H12F2N2/c1-5-7(3-12)6(2)13-4-8(5)9(10)11/h4,9H,3,12H2,1-2H3. The van der Waals surface area contributed by atoms with Crippen LogP contribution in [0, 0.1) is 13.8 Å². The van der Waals surface area contributed by atoms with Gasteiger partial charge in [0.25, 0.3) is 6.43 Å². The Morgan fingerprint density at radius 3 is 2.54 bits per heavy atom. The van der Waals surface area contributed by atoms with Crippen LogP contribution in [0.25, 0.3) is 0 Å². The van der Waals surface area contributed by atoms with Crippen LogP contribution in [0.1, 0.15) is 28.8 Å². The zero-order valence-electron chi connectivity index (χ0n) is 7.64. The van der Waals surface area contributed by atoms with Crippen LogP contribution in [0.15, 0.2) is 6.20 Å². The average molecular weight is 186 g/mol. The number of halogens is 2. The van der Waals surface area contributed by atoms with Crippen molar-refractivity contribution in [2.75, 3.05) is 0 Å². The summed E-state index contributed by atoms with van der Waals surface area (Å²) in [6.45, 7) is 3.67. The number of nitrogens with zero attached hydrogens (tertiary/aromatic N) is 1. The third-order valence-corrected chi connectivity index (χ3v) is 2.16. The first kappa shape index (κ1) is 10.1. The molecule has 0 aliphatic heterocycles. The Morgan fingerprint density at radius 1 is 1.46 bits per heavy atom. The van der Waals surface area contributed by atoms with Gasteiger partial charge in [-0.15, -0.1) is 0 Å². The minimum atomic E-state index is -2.47. The molecule has 0 atom stereocenters. The van der Waals surface area contributed by atoms with Gasteiger partial charge in [-0.2, -0.15) is 0 Å². The van der Waals surface area contributed by atoms with E-state index in [0.717, 1.165) is 11.3 Å².